The molecule has 0 aliphatic carbocycles. The van der Waals surface area contributed by atoms with Crippen molar-refractivity contribution in [2.45, 2.75) is 35.9 Å². The van der Waals surface area contributed by atoms with Crippen LogP contribution < -0.4 is 0 Å². The SMILES string of the molecule is CCOP(=O)(OCC)C(F)(F)c1ccc(CSCc2ccc(-c3cccc(S(C)(=O)=O)c3)cc2)cc1Br. The third-order valence-electron chi connectivity index (χ3n) is 5.39. The third kappa shape index (κ3) is 7.31. The van der Waals surface area contributed by atoms with Gasteiger partial charge < -0.3 is 9.05 Å². The average molecular weight is 634 g/mol. The molecule has 3 aromatic carbocycles. The van der Waals surface area contributed by atoms with Gasteiger partial charge in [-0.3, -0.25) is 4.57 Å². The zero-order chi connectivity index (χ0) is 27.3. The highest BCUT2D eigenvalue weighted by molar-refractivity contribution is 9.10. The minimum Gasteiger partial charge on any atom is -0.304 e. The summed E-state index contributed by atoms with van der Waals surface area (Å²) in [5.74, 6) is 1.28. The van der Waals surface area contributed by atoms with Crippen molar-refractivity contribution in [3.05, 3.63) is 87.9 Å². The Balaban J connectivity index is 1.66. The molecule has 11 heteroatoms. The van der Waals surface area contributed by atoms with Crippen LogP contribution in [0.5, 0.6) is 0 Å². The lowest BCUT2D eigenvalue weighted by Crippen LogP contribution is -2.19. The fourth-order valence-electron chi connectivity index (χ4n) is 3.57. The Kier molecular flexibility index (Phi) is 10.2. The molecular formula is C26H28BrF2O5PS2. The Morgan fingerprint density at radius 1 is 0.892 bits per heavy atom. The summed E-state index contributed by atoms with van der Waals surface area (Å²) in [6.45, 7) is 2.66. The summed E-state index contributed by atoms with van der Waals surface area (Å²) >= 11 is 4.82. The number of hydrogen-bond donors (Lipinski definition) is 0. The molecule has 0 spiro atoms. The van der Waals surface area contributed by atoms with E-state index < -0.39 is 28.7 Å². The molecule has 0 fully saturated rings. The van der Waals surface area contributed by atoms with E-state index in [1.54, 1.807) is 42.1 Å². The molecule has 0 saturated carbocycles. The van der Waals surface area contributed by atoms with Crippen molar-refractivity contribution < 1.29 is 30.8 Å². The lowest BCUT2D eigenvalue weighted by atomic mass is 10.0. The molecule has 3 rings (SSSR count). The number of thioether (sulfide) groups is 1. The molecule has 200 valence electrons. The maximum absolute atomic E-state index is 15.1. The van der Waals surface area contributed by atoms with Gasteiger partial charge in [-0.2, -0.15) is 20.5 Å². The Labute approximate surface area is 229 Å². The summed E-state index contributed by atoms with van der Waals surface area (Å²) in [6, 6.07) is 19.1. The van der Waals surface area contributed by atoms with Crippen molar-refractivity contribution in [3.63, 3.8) is 0 Å². The van der Waals surface area contributed by atoms with Gasteiger partial charge in [-0.25, -0.2) is 8.42 Å². The van der Waals surface area contributed by atoms with Crippen molar-refractivity contribution in [2.24, 2.45) is 0 Å². The van der Waals surface area contributed by atoms with Gasteiger partial charge in [-0.05, 0) is 54.3 Å². The van der Waals surface area contributed by atoms with E-state index in [9.17, 15) is 13.0 Å². The Hall–Kier alpha value is -1.55. The molecular weight excluding hydrogens is 605 g/mol. The van der Waals surface area contributed by atoms with E-state index in [2.05, 4.69) is 15.9 Å². The first-order valence-corrected chi connectivity index (χ1v) is 16.8. The molecule has 0 saturated heterocycles. The van der Waals surface area contributed by atoms with Crippen molar-refractivity contribution >= 4 is 45.1 Å². The molecule has 0 atom stereocenters. The first kappa shape index (κ1) is 30.0. The van der Waals surface area contributed by atoms with Crippen LogP contribution >= 0.6 is 35.3 Å². The van der Waals surface area contributed by atoms with Crippen molar-refractivity contribution in [1.82, 2.24) is 0 Å². The van der Waals surface area contributed by atoms with E-state index in [1.165, 1.54) is 26.2 Å². The van der Waals surface area contributed by atoms with E-state index in [4.69, 9.17) is 9.05 Å². The molecule has 37 heavy (non-hydrogen) atoms. The first-order valence-electron chi connectivity index (χ1n) is 11.4. The molecule has 0 radical (unpaired) electrons. The van der Waals surface area contributed by atoms with Gasteiger partial charge in [0.15, 0.2) is 9.84 Å². The first-order chi connectivity index (χ1) is 17.4. The van der Waals surface area contributed by atoms with Gasteiger partial charge in [0, 0.05) is 27.8 Å². The summed E-state index contributed by atoms with van der Waals surface area (Å²) in [5.41, 5.74) is -0.607. The second-order valence-electron chi connectivity index (χ2n) is 8.18. The quantitative estimate of drug-likeness (QED) is 0.187. The third-order valence-corrected chi connectivity index (χ3v) is 10.4. The second-order valence-corrected chi connectivity index (χ2v) is 14.1. The van der Waals surface area contributed by atoms with E-state index in [0.717, 1.165) is 22.3 Å². The van der Waals surface area contributed by atoms with E-state index in [1.807, 2.05) is 30.3 Å². The second kappa shape index (κ2) is 12.5. The van der Waals surface area contributed by atoms with Crippen LogP contribution in [-0.2, 0) is 40.6 Å². The zero-order valence-corrected chi connectivity index (χ0v) is 24.7. The predicted molar refractivity (Wildman–Crippen MR) is 149 cm³/mol. The number of benzene rings is 3. The summed E-state index contributed by atoms with van der Waals surface area (Å²) in [7, 11) is -7.96. The van der Waals surface area contributed by atoms with Gasteiger partial charge in [0.05, 0.1) is 18.1 Å². The highest BCUT2D eigenvalue weighted by Crippen LogP contribution is 2.67. The summed E-state index contributed by atoms with van der Waals surface area (Å²) < 4.78 is 76.5. The molecule has 0 aromatic heterocycles. The molecule has 3 aromatic rings. The average Bonchev–Trinajstić information content (AvgIpc) is 2.84. The highest BCUT2D eigenvalue weighted by atomic mass is 79.9. The molecule has 0 aliphatic rings. The van der Waals surface area contributed by atoms with Gasteiger partial charge in [0.1, 0.15) is 0 Å². The largest absolute Gasteiger partial charge is 0.404 e. The van der Waals surface area contributed by atoms with E-state index >= 15 is 8.78 Å². The van der Waals surface area contributed by atoms with Gasteiger partial charge in [-0.1, -0.05) is 64.5 Å². The van der Waals surface area contributed by atoms with Crippen LogP contribution in [0.3, 0.4) is 0 Å². The van der Waals surface area contributed by atoms with Gasteiger partial charge in [0.2, 0.25) is 0 Å². The molecule has 0 aliphatic heterocycles. The monoisotopic (exact) mass is 632 g/mol. The van der Waals surface area contributed by atoms with Gasteiger partial charge in [-0.15, -0.1) is 0 Å². The number of hydrogen-bond acceptors (Lipinski definition) is 6. The predicted octanol–water partition coefficient (Wildman–Crippen LogP) is 8.27. The molecule has 0 unspecified atom stereocenters. The number of rotatable bonds is 12. The Morgan fingerprint density at radius 3 is 2.05 bits per heavy atom. The number of alkyl halides is 2. The lowest BCUT2D eigenvalue weighted by molar-refractivity contribution is 0.0354. The highest BCUT2D eigenvalue weighted by Gasteiger charge is 2.55. The van der Waals surface area contributed by atoms with Crippen molar-refractivity contribution in [3.8, 4) is 11.1 Å². The molecule has 5 nitrogen and oxygen atoms in total. The van der Waals surface area contributed by atoms with Crippen LogP contribution in [0.15, 0.2) is 76.1 Å². The van der Waals surface area contributed by atoms with Gasteiger partial charge in [0.25, 0.3) is 0 Å². The number of halogens is 3. The van der Waals surface area contributed by atoms with Crippen LogP contribution in [0.25, 0.3) is 11.1 Å². The molecule has 0 heterocycles. The Bertz CT molecular complexity index is 1370. The summed E-state index contributed by atoms with van der Waals surface area (Å²) in [4.78, 5) is 0.276. The topological polar surface area (TPSA) is 69.7 Å². The van der Waals surface area contributed by atoms with Crippen LogP contribution in [0, 0.1) is 0 Å². The molecule has 0 N–H and O–H groups in total. The van der Waals surface area contributed by atoms with Crippen LogP contribution in [0.4, 0.5) is 8.78 Å². The van der Waals surface area contributed by atoms with E-state index in [0.29, 0.717) is 11.5 Å². The minimum atomic E-state index is -4.68. The fourth-order valence-corrected chi connectivity index (χ4v) is 7.57. The van der Waals surface area contributed by atoms with Gasteiger partial charge >= 0.3 is 13.3 Å². The van der Waals surface area contributed by atoms with Crippen LogP contribution in [-0.4, -0.2) is 27.9 Å². The normalized spacial score (nSPS) is 12.6. The standard InChI is InChI=1S/C26H28BrF2O5PS2/c1-4-33-35(30,34-5-2)26(28,29)24-14-11-20(15-25(24)27)18-36-17-19-9-12-21(13-10-19)22-7-6-8-23(16-22)37(3,31)32/h6-16H,4-5,17-18H2,1-3H3. The van der Waals surface area contributed by atoms with Crippen LogP contribution in [0.1, 0.15) is 30.5 Å². The van der Waals surface area contributed by atoms with Crippen molar-refractivity contribution in [2.75, 3.05) is 19.5 Å². The smallest absolute Gasteiger partial charge is 0.304 e. The minimum absolute atomic E-state index is 0.135. The van der Waals surface area contributed by atoms with Crippen molar-refractivity contribution in [1.29, 1.82) is 0 Å². The van der Waals surface area contributed by atoms with Crippen LogP contribution in [0.2, 0.25) is 0 Å². The number of sulfone groups is 1. The molecule has 0 amide bonds. The maximum Gasteiger partial charge on any atom is 0.404 e. The summed E-state index contributed by atoms with van der Waals surface area (Å²) in [6.07, 6.45) is 1.18. The Morgan fingerprint density at radius 2 is 1.49 bits per heavy atom. The zero-order valence-electron chi connectivity index (χ0n) is 20.6. The van der Waals surface area contributed by atoms with E-state index in [-0.39, 0.29) is 22.6 Å². The fraction of sp³-hybridized carbons (Fsp3) is 0.308. The maximum atomic E-state index is 15.1. The lowest BCUT2D eigenvalue weighted by Gasteiger charge is -2.26. The molecule has 0 bridgehead atoms. The summed E-state index contributed by atoms with van der Waals surface area (Å²) in [5, 5.41) is 0.